The van der Waals surface area contributed by atoms with Gasteiger partial charge in [-0.05, 0) is 12.1 Å². The number of halogens is 1. The second-order valence-corrected chi connectivity index (χ2v) is 2.09. The van der Waals surface area contributed by atoms with Gasteiger partial charge in [-0.1, -0.05) is 24.3 Å². The summed E-state index contributed by atoms with van der Waals surface area (Å²) in [5, 5.41) is 8.63. The number of hydrogen-bond acceptors (Lipinski definition) is 1. The molecule has 0 aromatic heterocycles. The molecule has 68 valence electrons. The maximum atomic E-state index is 8.63. The van der Waals surface area contributed by atoms with Gasteiger partial charge >= 0.3 is 0 Å². The van der Waals surface area contributed by atoms with Crippen molar-refractivity contribution in [3.63, 3.8) is 0 Å². The summed E-state index contributed by atoms with van der Waals surface area (Å²) in [6.07, 6.45) is 1.64. The van der Waals surface area contributed by atoms with Gasteiger partial charge in [0.05, 0.1) is 0 Å². The largest absolute Gasteiger partial charge is 0.508 e. The van der Waals surface area contributed by atoms with E-state index in [-0.39, 0.29) is 13.5 Å². The minimum absolute atomic E-state index is 0. The van der Waals surface area contributed by atoms with E-state index < -0.39 is 0 Å². The Morgan fingerprint density at radius 1 is 1.33 bits per heavy atom. The van der Waals surface area contributed by atoms with Crippen LogP contribution in [0.2, 0.25) is 0 Å². The Kier molecular flexibility index (Phi) is 12.1. The lowest BCUT2D eigenvalue weighted by molar-refractivity contribution is 0.475. The number of alkyl halides is 1. The standard InChI is InChI=1S/C6H6O.C3H5Cl.H2S/c7-6-4-2-1-3-5-6;1-2-3-4;/h1-5,7H;2H,1,3H2;1H2. The normalized spacial score (nSPS) is 7.08. The van der Waals surface area contributed by atoms with Gasteiger partial charge in [-0.2, -0.15) is 13.5 Å². The van der Waals surface area contributed by atoms with E-state index in [2.05, 4.69) is 6.58 Å². The quantitative estimate of drug-likeness (QED) is 0.551. The van der Waals surface area contributed by atoms with Crippen molar-refractivity contribution in [2.75, 3.05) is 5.88 Å². The topological polar surface area (TPSA) is 20.2 Å². The Bertz CT molecular complexity index is 189. The van der Waals surface area contributed by atoms with E-state index in [0.717, 1.165) is 0 Å². The Balaban J connectivity index is 0. The molecule has 0 fully saturated rings. The minimum atomic E-state index is 0. The van der Waals surface area contributed by atoms with Crippen LogP contribution in [0.4, 0.5) is 0 Å². The molecule has 1 N–H and O–H groups in total. The summed E-state index contributed by atoms with van der Waals surface area (Å²) in [4.78, 5) is 0. The van der Waals surface area contributed by atoms with Crippen LogP contribution in [0.25, 0.3) is 0 Å². The van der Waals surface area contributed by atoms with E-state index in [1.807, 2.05) is 6.07 Å². The van der Waals surface area contributed by atoms with Gasteiger partial charge in [-0.25, -0.2) is 0 Å². The molecule has 1 nitrogen and oxygen atoms in total. The van der Waals surface area contributed by atoms with Crippen molar-refractivity contribution in [1.29, 1.82) is 0 Å². The Labute approximate surface area is 85.1 Å². The third-order valence-corrected chi connectivity index (χ3v) is 1.08. The molecular formula is C9H13ClOS. The fourth-order valence-electron chi connectivity index (χ4n) is 0.428. The van der Waals surface area contributed by atoms with E-state index in [1.54, 1.807) is 30.3 Å². The number of rotatable bonds is 1. The van der Waals surface area contributed by atoms with Crippen LogP contribution in [-0.4, -0.2) is 11.0 Å². The van der Waals surface area contributed by atoms with Gasteiger partial charge in [0.2, 0.25) is 0 Å². The number of phenolic OH excluding ortho intramolecular Hbond substituents is 1. The average Bonchev–Trinajstić information content (AvgIpc) is 2.07. The maximum Gasteiger partial charge on any atom is 0.115 e. The van der Waals surface area contributed by atoms with Crippen LogP contribution < -0.4 is 0 Å². The van der Waals surface area contributed by atoms with Gasteiger partial charge in [0, 0.05) is 5.88 Å². The summed E-state index contributed by atoms with van der Waals surface area (Å²) in [7, 11) is 0. The Morgan fingerprint density at radius 3 is 1.92 bits per heavy atom. The summed E-state index contributed by atoms with van der Waals surface area (Å²) < 4.78 is 0. The second-order valence-electron chi connectivity index (χ2n) is 1.78. The molecule has 12 heavy (non-hydrogen) atoms. The monoisotopic (exact) mass is 204 g/mol. The molecule has 0 atom stereocenters. The van der Waals surface area contributed by atoms with Gasteiger partial charge in [-0.15, -0.1) is 18.2 Å². The fraction of sp³-hybridized carbons (Fsp3) is 0.111. The molecule has 0 heterocycles. The zero-order valence-corrected chi connectivity index (χ0v) is 8.46. The van der Waals surface area contributed by atoms with E-state index in [4.69, 9.17) is 16.7 Å². The van der Waals surface area contributed by atoms with Crippen molar-refractivity contribution < 1.29 is 5.11 Å². The van der Waals surface area contributed by atoms with Crippen molar-refractivity contribution in [3.8, 4) is 5.75 Å². The Hall–Kier alpha value is -0.600. The summed E-state index contributed by atoms with van der Waals surface area (Å²) in [5.74, 6) is 0.877. The third-order valence-electron chi connectivity index (χ3n) is 0.865. The van der Waals surface area contributed by atoms with E-state index in [0.29, 0.717) is 11.6 Å². The highest BCUT2D eigenvalue weighted by Crippen LogP contribution is 2.02. The van der Waals surface area contributed by atoms with Crippen molar-refractivity contribution in [2.45, 2.75) is 0 Å². The third kappa shape index (κ3) is 9.40. The van der Waals surface area contributed by atoms with Crippen molar-refractivity contribution in [1.82, 2.24) is 0 Å². The highest BCUT2D eigenvalue weighted by molar-refractivity contribution is 7.59. The van der Waals surface area contributed by atoms with Crippen LogP contribution >= 0.6 is 25.1 Å². The van der Waals surface area contributed by atoms with Gasteiger partial charge in [0.25, 0.3) is 0 Å². The fourth-order valence-corrected chi connectivity index (χ4v) is 0.428. The van der Waals surface area contributed by atoms with E-state index in [9.17, 15) is 0 Å². The number of para-hydroxylation sites is 1. The number of benzene rings is 1. The molecule has 1 rings (SSSR count). The molecule has 0 saturated carbocycles. The molecule has 1 aromatic carbocycles. The summed E-state index contributed by atoms with van der Waals surface area (Å²) in [5.41, 5.74) is 0. The van der Waals surface area contributed by atoms with Crippen molar-refractivity contribution >= 4 is 25.1 Å². The molecule has 0 aliphatic heterocycles. The molecule has 1 aromatic rings. The second kappa shape index (κ2) is 10.4. The number of aromatic hydroxyl groups is 1. The molecule has 0 spiro atoms. The highest BCUT2D eigenvalue weighted by Gasteiger charge is 1.74. The number of phenols is 1. The predicted octanol–water partition coefficient (Wildman–Crippen LogP) is 2.92. The SMILES string of the molecule is C=CCCl.Oc1ccccc1.S. The molecule has 0 aliphatic carbocycles. The van der Waals surface area contributed by atoms with Crippen molar-refractivity contribution in [3.05, 3.63) is 43.0 Å². The van der Waals surface area contributed by atoms with Gasteiger partial charge in [0.1, 0.15) is 5.75 Å². The maximum absolute atomic E-state index is 8.63. The highest BCUT2D eigenvalue weighted by atomic mass is 35.5. The van der Waals surface area contributed by atoms with Crippen LogP contribution in [-0.2, 0) is 0 Å². The molecule has 0 radical (unpaired) electrons. The lowest BCUT2D eigenvalue weighted by atomic mass is 10.3. The minimum Gasteiger partial charge on any atom is -0.508 e. The average molecular weight is 205 g/mol. The summed E-state index contributed by atoms with van der Waals surface area (Å²) >= 11 is 5.07. The van der Waals surface area contributed by atoms with Crippen LogP contribution in [0, 0.1) is 0 Å². The molecule has 3 heteroatoms. The lowest BCUT2D eigenvalue weighted by Gasteiger charge is -1.82. The van der Waals surface area contributed by atoms with E-state index >= 15 is 0 Å². The van der Waals surface area contributed by atoms with Crippen molar-refractivity contribution in [2.24, 2.45) is 0 Å². The van der Waals surface area contributed by atoms with Gasteiger partial charge in [-0.3, -0.25) is 0 Å². The Morgan fingerprint density at radius 2 is 1.75 bits per heavy atom. The molecular weight excluding hydrogens is 192 g/mol. The first-order chi connectivity index (χ1) is 5.31. The first-order valence-electron chi connectivity index (χ1n) is 3.22. The zero-order valence-electron chi connectivity index (χ0n) is 6.70. The first kappa shape index (κ1) is 14.0. The van der Waals surface area contributed by atoms with Gasteiger partial charge in [0.15, 0.2) is 0 Å². The zero-order chi connectivity index (χ0) is 8.53. The lowest BCUT2D eigenvalue weighted by Crippen LogP contribution is -1.56. The summed E-state index contributed by atoms with van der Waals surface area (Å²) in [6, 6.07) is 8.71. The number of hydrogen-bond donors (Lipinski definition) is 1. The summed E-state index contributed by atoms with van der Waals surface area (Å²) in [6.45, 7) is 3.35. The molecule has 0 amide bonds. The van der Waals surface area contributed by atoms with Crippen LogP contribution in [0.15, 0.2) is 43.0 Å². The molecule has 0 unspecified atom stereocenters. The molecule has 0 saturated heterocycles. The first-order valence-corrected chi connectivity index (χ1v) is 3.75. The molecule has 0 aliphatic rings. The number of allylic oxidation sites excluding steroid dienone is 1. The predicted molar refractivity (Wildman–Crippen MR) is 59.4 cm³/mol. The van der Waals surface area contributed by atoms with Crippen LogP contribution in [0.5, 0.6) is 5.75 Å². The van der Waals surface area contributed by atoms with Crippen LogP contribution in [0.1, 0.15) is 0 Å². The van der Waals surface area contributed by atoms with Crippen LogP contribution in [0.3, 0.4) is 0 Å². The molecule has 0 bridgehead atoms. The van der Waals surface area contributed by atoms with Gasteiger partial charge < -0.3 is 5.11 Å². The van der Waals surface area contributed by atoms with E-state index in [1.165, 1.54) is 0 Å². The smallest absolute Gasteiger partial charge is 0.115 e.